The number of rotatable bonds is 15. The fraction of sp³-hybridized carbons (Fsp3) is 0.520. The van der Waals surface area contributed by atoms with Gasteiger partial charge in [-0.1, -0.05) is 83.1 Å². The van der Waals surface area contributed by atoms with Gasteiger partial charge < -0.3 is 42.4 Å². The summed E-state index contributed by atoms with van der Waals surface area (Å²) in [5, 5.41) is 14.0. The van der Waals surface area contributed by atoms with Crippen molar-refractivity contribution in [1.29, 1.82) is 0 Å². The minimum atomic E-state index is -2.66. The molecule has 2 unspecified atom stereocenters. The quantitative estimate of drug-likeness (QED) is 0.0385. The average molecular weight is 929 g/mol. The van der Waals surface area contributed by atoms with Gasteiger partial charge in [-0.2, -0.15) is 0 Å². The molecule has 3 aromatic rings. The molecule has 2 saturated carbocycles. The van der Waals surface area contributed by atoms with E-state index in [0.29, 0.717) is 23.7 Å². The van der Waals surface area contributed by atoms with Crippen LogP contribution >= 0.6 is 0 Å². The fourth-order valence-electron chi connectivity index (χ4n) is 11.0. The van der Waals surface area contributed by atoms with Crippen molar-refractivity contribution in [3.8, 4) is 0 Å². The minimum Gasteiger partial charge on any atom is -0.461 e. The molecule has 16 heteroatoms. The number of carbonyl (C=O) groups excluding carboxylic acids is 6. The zero-order chi connectivity index (χ0) is 47.8. The fourth-order valence-corrected chi connectivity index (χ4v) is 14.0. The number of aliphatic hydroxyl groups is 1. The number of ketones is 2. The van der Waals surface area contributed by atoms with Crippen LogP contribution in [0.4, 0.5) is 4.79 Å². The topological polar surface area (TPSA) is 200 Å². The van der Waals surface area contributed by atoms with Crippen LogP contribution in [0.15, 0.2) is 94.6 Å². The molecule has 1 aliphatic heterocycles. The molecule has 0 radical (unpaired) electrons. The Morgan fingerprint density at radius 3 is 2.09 bits per heavy atom. The maximum Gasteiger partial charge on any atom is 0.509 e. The molecule has 3 fully saturated rings. The largest absolute Gasteiger partial charge is 0.509 e. The molecule has 1 aromatic heterocycles. The number of hydrogen-bond acceptors (Lipinski definition) is 15. The van der Waals surface area contributed by atoms with Gasteiger partial charge in [0.2, 0.25) is 5.78 Å². The van der Waals surface area contributed by atoms with Crippen molar-refractivity contribution in [2.75, 3.05) is 6.61 Å². The SMILES string of the molecule is CC[Si](CC)(CC)O[C@H]1C[C@H]2OC[C@@]2(OC(C)=O)C2C(OC(=O)c3ccccc3)[C@]3(O)C[C@H](OC(=O)CC(=O)c4ccco4)C(C)=C([C@@H](OC(=O)OCc4ccccc4)C(=O)[C@@]21C)C3(C)C. The molecule has 0 amide bonds. The summed E-state index contributed by atoms with van der Waals surface area (Å²) in [6.45, 7) is 13.4. The first-order valence-corrected chi connectivity index (χ1v) is 25.2. The van der Waals surface area contributed by atoms with Gasteiger partial charge in [-0.25, -0.2) is 9.59 Å². The molecule has 354 valence electrons. The molecule has 4 aliphatic rings. The summed E-state index contributed by atoms with van der Waals surface area (Å²) in [6, 6.07) is 21.9. The highest BCUT2D eigenvalue weighted by Crippen LogP contribution is 2.65. The summed E-state index contributed by atoms with van der Waals surface area (Å²) < 4.78 is 49.7. The van der Waals surface area contributed by atoms with Gasteiger partial charge in [-0.15, -0.1) is 0 Å². The van der Waals surface area contributed by atoms with Gasteiger partial charge in [0.1, 0.15) is 36.9 Å². The van der Waals surface area contributed by atoms with Crippen LogP contribution in [0, 0.1) is 16.7 Å². The zero-order valence-corrected chi connectivity index (χ0v) is 39.8. The Kier molecular flexibility index (Phi) is 13.7. The van der Waals surface area contributed by atoms with E-state index in [-0.39, 0.29) is 42.1 Å². The van der Waals surface area contributed by atoms with E-state index in [0.717, 1.165) is 0 Å². The van der Waals surface area contributed by atoms with Gasteiger partial charge in [-0.3, -0.25) is 19.2 Å². The third-order valence-electron chi connectivity index (χ3n) is 15.0. The van der Waals surface area contributed by atoms with Crippen molar-refractivity contribution < 1.29 is 71.1 Å². The van der Waals surface area contributed by atoms with Crippen LogP contribution in [0.2, 0.25) is 18.1 Å². The first-order valence-electron chi connectivity index (χ1n) is 22.7. The third-order valence-corrected chi connectivity index (χ3v) is 19.6. The molecule has 2 heterocycles. The monoisotopic (exact) mass is 928 g/mol. The molecule has 0 spiro atoms. The maximum absolute atomic E-state index is 16.5. The van der Waals surface area contributed by atoms with Gasteiger partial charge in [0.25, 0.3) is 0 Å². The number of benzene rings is 2. The van der Waals surface area contributed by atoms with Crippen LogP contribution in [-0.4, -0.2) is 97.4 Å². The van der Waals surface area contributed by atoms with Crippen LogP contribution in [0.5, 0.6) is 0 Å². The molecule has 66 heavy (non-hydrogen) atoms. The number of esters is 3. The number of hydrogen-bond donors (Lipinski definition) is 1. The molecule has 2 bridgehead atoms. The van der Waals surface area contributed by atoms with E-state index >= 15 is 4.79 Å². The zero-order valence-electron chi connectivity index (χ0n) is 38.8. The van der Waals surface area contributed by atoms with Gasteiger partial charge >= 0.3 is 24.1 Å². The highest BCUT2D eigenvalue weighted by Gasteiger charge is 2.79. The predicted octanol–water partition coefficient (Wildman–Crippen LogP) is 7.89. The van der Waals surface area contributed by atoms with Crippen LogP contribution in [0.3, 0.4) is 0 Å². The van der Waals surface area contributed by atoms with Crippen molar-refractivity contribution >= 4 is 43.9 Å². The lowest BCUT2D eigenvalue weighted by Crippen LogP contribution is -2.82. The standard InChI is InChI=1S/C50H60O15Si/c1-9-66(10-2,11-3)65-37-26-38-49(29-60-38,64-31(5)51)42-44(63-45(55)33-21-16-13-17-22-33)50(57)27-36(61-39(53)25-34(52)35-23-18-24-58-35)30(4)40(47(50,6)7)41(43(54)48(37,42)8)62-46(56)59-28-32-19-14-12-15-20-32/h12-24,36-38,41-42,44,57H,9-11,25-29H2,1-8H3/t36-,37-,38+,41+,42?,44?,48+,49-,50+/m0/s1. The van der Waals surface area contributed by atoms with Crippen LogP contribution in [-0.2, 0) is 53.8 Å². The molecule has 7 rings (SSSR count). The number of fused-ring (bicyclic) bond motifs is 5. The van der Waals surface area contributed by atoms with Crippen molar-refractivity contribution in [2.45, 2.75) is 141 Å². The lowest BCUT2D eigenvalue weighted by atomic mass is 9.44. The Morgan fingerprint density at radius 2 is 1.52 bits per heavy atom. The lowest BCUT2D eigenvalue weighted by Gasteiger charge is -2.68. The Balaban J connectivity index is 1.47. The van der Waals surface area contributed by atoms with Crippen LogP contribution in [0.25, 0.3) is 0 Å². The van der Waals surface area contributed by atoms with Crippen molar-refractivity contribution in [3.05, 3.63) is 107 Å². The first kappa shape index (κ1) is 48.5. The summed E-state index contributed by atoms with van der Waals surface area (Å²) >= 11 is 0. The number of Topliss-reactive ketones (excluding diaryl/α,β-unsaturated/α-hetero) is 2. The number of carbonyl (C=O) groups is 6. The summed E-state index contributed by atoms with van der Waals surface area (Å²) in [7, 11) is -2.66. The summed E-state index contributed by atoms with van der Waals surface area (Å²) in [4.78, 5) is 85.4. The predicted molar refractivity (Wildman–Crippen MR) is 238 cm³/mol. The van der Waals surface area contributed by atoms with E-state index in [1.807, 2.05) is 26.8 Å². The van der Waals surface area contributed by atoms with Crippen molar-refractivity contribution in [2.24, 2.45) is 16.7 Å². The summed E-state index contributed by atoms with van der Waals surface area (Å²) in [5.41, 5.74) is -6.47. The van der Waals surface area contributed by atoms with Crippen molar-refractivity contribution in [1.82, 2.24) is 0 Å². The Hall–Kier alpha value is -5.42. The highest BCUT2D eigenvalue weighted by atomic mass is 28.4. The van der Waals surface area contributed by atoms with E-state index < -0.39 is 115 Å². The molecule has 15 nitrogen and oxygen atoms in total. The molecule has 1 saturated heterocycles. The second-order valence-corrected chi connectivity index (χ2v) is 23.4. The van der Waals surface area contributed by atoms with Gasteiger partial charge in [-0.05, 0) is 73.0 Å². The molecule has 9 atom stereocenters. The number of ether oxygens (including phenoxy) is 6. The molecule has 1 N–H and O–H groups in total. The second kappa shape index (κ2) is 18.7. The average Bonchev–Trinajstić information content (AvgIpc) is 3.84. The van der Waals surface area contributed by atoms with Crippen LogP contribution in [0.1, 0.15) is 101 Å². The van der Waals surface area contributed by atoms with Crippen molar-refractivity contribution in [3.63, 3.8) is 0 Å². The molecule has 2 aromatic carbocycles. The van der Waals surface area contributed by atoms with E-state index in [4.69, 9.17) is 37.3 Å². The third kappa shape index (κ3) is 8.45. The lowest BCUT2D eigenvalue weighted by molar-refractivity contribution is -0.344. The Morgan fingerprint density at radius 1 is 0.864 bits per heavy atom. The first-order chi connectivity index (χ1) is 31.3. The van der Waals surface area contributed by atoms with Gasteiger partial charge in [0.15, 0.2) is 31.6 Å². The minimum absolute atomic E-state index is 0.0609. The molecular weight excluding hydrogens is 869 g/mol. The second-order valence-electron chi connectivity index (χ2n) is 18.7. The van der Waals surface area contributed by atoms with Crippen LogP contribution < -0.4 is 0 Å². The van der Waals surface area contributed by atoms with E-state index in [1.165, 1.54) is 25.3 Å². The van der Waals surface area contributed by atoms with E-state index in [1.54, 1.807) is 82.3 Å². The highest BCUT2D eigenvalue weighted by molar-refractivity contribution is 6.73. The maximum atomic E-state index is 16.5. The van der Waals surface area contributed by atoms with Gasteiger partial charge in [0.05, 0.1) is 35.9 Å². The number of furan rings is 1. The Labute approximate surface area is 385 Å². The molecule has 3 aliphatic carbocycles. The van der Waals surface area contributed by atoms with E-state index in [9.17, 15) is 29.1 Å². The normalized spacial score (nSPS) is 30.0. The smallest absolute Gasteiger partial charge is 0.461 e. The molecular formula is C50H60O15Si. The summed E-state index contributed by atoms with van der Waals surface area (Å²) in [6.07, 6.45) is -7.88. The van der Waals surface area contributed by atoms with Gasteiger partial charge in [0, 0.05) is 25.2 Å². The van der Waals surface area contributed by atoms with E-state index in [2.05, 4.69) is 0 Å². The summed E-state index contributed by atoms with van der Waals surface area (Å²) in [5.74, 6) is -5.44. The Bertz CT molecular complexity index is 2330.